The molecule has 2 aliphatic rings. The van der Waals surface area contributed by atoms with Crippen LogP contribution >= 0.6 is 0 Å². The van der Waals surface area contributed by atoms with Crippen molar-refractivity contribution >= 4 is 11.9 Å². The molecule has 0 bridgehead atoms. The monoisotopic (exact) mass is 282 g/mol. The Morgan fingerprint density at radius 2 is 1.80 bits per heavy atom. The number of nitrogens with zero attached hydrogens (tertiary/aromatic N) is 2. The summed E-state index contributed by atoms with van der Waals surface area (Å²) < 4.78 is 0. The molecule has 5 nitrogen and oxygen atoms in total. The van der Waals surface area contributed by atoms with Gasteiger partial charge in [-0.1, -0.05) is 6.42 Å². The molecular weight excluding hydrogens is 256 g/mol. The Labute approximate surface area is 120 Å². The molecule has 1 amide bonds. The zero-order valence-electron chi connectivity index (χ0n) is 12.4. The fourth-order valence-electron chi connectivity index (χ4n) is 3.43. The van der Waals surface area contributed by atoms with Crippen molar-refractivity contribution in [1.29, 1.82) is 0 Å². The molecule has 2 rings (SSSR count). The smallest absolute Gasteiger partial charge is 0.304 e. The van der Waals surface area contributed by atoms with E-state index < -0.39 is 5.97 Å². The zero-order chi connectivity index (χ0) is 14.5. The highest BCUT2D eigenvalue weighted by Crippen LogP contribution is 2.21. The maximum atomic E-state index is 12.4. The molecule has 2 unspecified atom stereocenters. The van der Waals surface area contributed by atoms with E-state index in [0.717, 1.165) is 45.2 Å². The van der Waals surface area contributed by atoms with Crippen molar-refractivity contribution in [2.24, 2.45) is 0 Å². The van der Waals surface area contributed by atoms with Crippen LogP contribution in [0.4, 0.5) is 0 Å². The average Bonchev–Trinajstić information content (AvgIpc) is 2.41. The Morgan fingerprint density at radius 1 is 1.10 bits per heavy atom. The van der Waals surface area contributed by atoms with Crippen molar-refractivity contribution in [2.75, 3.05) is 19.6 Å². The molecule has 2 fully saturated rings. The number of carbonyl (C=O) groups excluding carboxylic acids is 1. The molecule has 114 valence electrons. The maximum absolute atomic E-state index is 12.4. The molecule has 0 radical (unpaired) electrons. The molecule has 2 heterocycles. The third kappa shape index (κ3) is 3.95. The number of amides is 1. The van der Waals surface area contributed by atoms with E-state index in [1.807, 2.05) is 4.90 Å². The normalized spacial score (nSPS) is 28.4. The van der Waals surface area contributed by atoms with Crippen LogP contribution in [0.15, 0.2) is 0 Å². The summed E-state index contributed by atoms with van der Waals surface area (Å²) in [7, 11) is 0. The Bertz CT molecular complexity index is 359. The number of hydrogen-bond donors (Lipinski definition) is 1. The highest BCUT2D eigenvalue weighted by atomic mass is 16.4. The standard InChI is InChI=1S/C15H26N2O3/c1-12-6-2-5-9-17(12)14(18)11-16-8-4-3-7-13(16)10-15(19)20/h12-13H,2-11H2,1H3,(H,19,20). The van der Waals surface area contributed by atoms with E-state index in [9.17, 15) is 9.59 Å². The lowest BCUT2D eigenvalue weighted by Gasteiger charge is -2.38. The highest BCUT2D eigenvalue weighted by molar-refractivity contribution is 5.79. The lowest BCUT2D eigenvalue weighted by Crippen LogP contribution is -2.50. The topological polar surface area (TPSA) is 60.9 Å². The Balaban J connectivity index is 1.92. The third-order valence-corrected chi connectivity index (χ3v) is 4.62. The summed E-state index contributed by atoms with van der Waals surface area (Å²) in [5, 5.41) is 8.99. The second kappa shape index (κ2) is 7.07. The van der Waals surface area contributed by atoms with Gasteiger partial charge in [-0.2, -0.15) is 0 Å². The largest absolute Gasteiger partial charge is 0.481 e. The molecule has 2 saturated heterocycles. The van der Waals surface area contributed by atoms with Gasteiger partial charge in [0, 0.05) is 18.6 Å². The number of likely N-dealkylation sites (tertiary alicyclic amines) is 2. The minimum atomic E-state index is -0.763. The van der Waals surface area contributed by atoms with Crippen molar-refractivity contribution in [2.45, 2.75) is 64.0 Å². The van der Waals surface area contributed by atoms with E-state index in [-0.39, 0.29) is 18.4 Å². The minimum Gasteiger partial charge on any atom is -0.481 e. The summed E-state index contributed by atoms with van der Waals surface area (Å²) >= 11 is 0. The Morgan fingerprint density at radius 3 is 2.50 bits per heavy atom. The number of carboxylic acids is 1. The van der Waals surface area contributed by atoms with Crippen molar-refractivity contribution in [3.63, 3.8) is 0 Å². The third-order valence-electron chi connectivity index (χ3n) is 4.62. The summed E-state index contributed by atoms with van der Waals surface area (Å²) in [5.41, 5.74) is 0. The quantitative estimate of drug-likeness (QED) is 0.853. The van der Waals surface area contributed by atoms with Gasteiger partial charge in [0.2, 0.25) is 5.91 Å². The minimum absolute atomic E-state index is 0.0327. The summed E-state index contributed by atoms with van der Waals surface area (Å²) in [6.45, 7) is 4.22. The first-order chi connectivity index (χ1) is 9.58. The Hall–Kier alpha value is -1.10. The van der Waals surface area contributed by atoms with Crippen LogP contribution in [0, 0.1) is 0 Å². The van der Waals surface area contributed by atoms with Crippen LogP contribution in [0.25, 0.3) is 0 Å². The summed E-state index contributed by atoms with van der Waals surface area (Å²) in [6.07, 6.45) is 6.58. The van der Waals surface area contributed by atoms with Crippen LogP contribution in [0.3, 0.4) is 0 Å². The molecule has 20 heavy (non-hydrogen) atoms. The van der Waals surface area contributed by atoms with Crippen LogP contribution in [0.5, 0.6) is 0 Å². The van der Waals surface area contributed by atoms with Crippen molar-refractivity contribution in [1.82, 2.24) is 9.80 Å². The first-order valence-corrected chi connectivity index (χ1v) is 7.83. The zero-order valence-corrected chi connectivity index (χ0v) is 12.4. The van der Waals surface area contributed by atoms with Crippen LogP contribution in [0.1, 0.15) is 51.9 Å². The predicted octanol–water partition coefficient (Wildman–Crippen LogP) is 1.72. The van der Waals surface area contributed by atoms with E-state index in [1.54, 1.807) is 0 Å². The number of piperidine rings is 2. The van der Waals surface area contributed by atoms with Gasteiger partial charge >= 0.3 is 5.97 Å². The van der Waals surface area contributed by atoms with Crippen molar-refractivity contribution in [3.8, 4) is 0 Å². The molecule has 0 aromatic heterocycles. The molecule has 2 aliphatic heterocycles. The second-order valence-electron chi connectivity index (χ2n) is 6.15. The molecule has 2 atom stereocenters. The van der Waals surface area contributed by atoms with Gasteiger partial charge in [-0.3, -0.25) is 14.5 Å². The van der Waals surface area contributed by atoms with Crippen LogP contribution in [0.2, 0.25) is 0 Å². The summed E-state index contributed by atoms with van der Waals surface area (Å²) in [5.74, 6) is -0.588. The van der Waals surface area contributed by atoms with E-state index in [0.29, 0.717) is 12.6 Å². The highest BCUT2D eigenvalue weighted by Gasteiger charge is 2.29. The fourth-order valence-corrected chi connectivity index (χ4v) is 3.43. The second-order valence-corrected chi connectivity index (χ2v) is 6.15. The molecule has 1 N–H and O–H groups in total. The van der Waals surface area contributed by atoms with Crippen LogP contribution in [-0.4, -0.2) is 58.5 Å². The molecule has 5 heteroatoms. The first kappa shape index (κ1) is 15.3. The predicted molar refractivity (Wildman–Crippen MR) is 76.5 cm³/mol. The molecule has 0 saturated carbocycles. The maximum Gasteiger partial charge on any atom is 0.304 e. The average molecular weight is 282 g/mol. The van der Waals surface area contributed by atoms with Crippen LogP contribution < -0.4 is 0 Å². The van der Waals surface area contributed by atoms with Gasteiger partial charge < -0.3 is 10.0 Å². The van der Waals surface area contributed by atoms with Gasteiger partial charge in [-0.25, -0.2) is 0 Å². The summed E-state index contributed by atoms with van der Waals surface area (Å²) in [6, 6.07) is 0.365. The lowest BCUT2D eigenvalue weighted by molar-refractivity contribution is -0.141. The van der Waals surface area contributed by atoms with E-state index in [2.05, 4.69) is 11.8 Å². The van der Waals surface area contributed by atoms with Gasteiger partial charge in [0.15, 0.2) is 0 Å². The van der Waals surface area contributed by atoms with Crippen molar-refractivity contribution < 1.29 is 14.7 Å². The lowest BCUT2D eigenvalue weighted by atomic mass is 9.99. The summed E-state index contributed by atoms with van der Waals surface area (Å²) in [4.78, 5) is 27.4. The molecular formula is C15H26N2O3. The molecule has 0 aromatic carbocycles. The van der Waals surface area contributed by atoms with Gasteiger partial charge in [0.1, 0.15) is 0 Å². The first-order valence-electron chi connectivity index (χ1n) is 7.83. The van der Waals surface area contributed by atoms with E-state index in [4.69, 9.17) is 5.11 Å². The number of carboxylic acid groups (broad SMARTS) is 1. The molecule has 0 aromatic rings. The van der Waals surface area contributed by atoms with Gasteiger partial charge in [-0.05, 0) is 45.6 Å². The number of carbonyl (C=O) groups is 2. The number of aliphatic carboxylic acids is 1. The molecule has 0 spiro atoms. The van der Waals surface area contributed by atoms with E-state index in [1.165, 1.54) is 6.42 Å². The number of rotatable bonds is 4. The fraction of sp³-hybridized carbons (Fsp3) is 0.867. The van der Waals surface area contributed by atoms with Gasteiger partial charge in [0.05, 0.1) is 13.0 Å². The van der Waals surface area contributed by atoms with E-state index >= 15 is 0 Å². The Kier molecular flexibility index (Phi) is 5.40. The van der Waals surface area contributed by atoms with Crippen molar-refractivity contribution in [3.05, 3.63) is 0 Å². The van der Waals surface area contributed by atoms with Crippen LogP contribution in [-0.2, 0) is 9.59 Å². The SMILES string of the molecule is CC1CCCCN1C(=O)CN1CCCCC1CC(=O)O. The van der Waals surface area contributed by atoms with Gasteiger partial charge in [-0.15, -0.1) is 0 Å². The number of hydrogen-bond acceptors (Lipinski definition) is 3. The molecule has 0 aliphatic carbocycles. The van der Waals surface area contributed by atoms with Gasteiger partial charge in [0.25, 0.3) is 0 Å².